The number of hydrogen-bond donors (Lipinski definition) is 0. The van der Waals surface area contributed by atoms with E-state index in [0.717, 1.165) is 38.1 Å². The zero-order chi connectivity index (χ0) is 26.0. The van der Waals surface area contributed by atoms with Crippen LogP contribution in [0.15, 0.2) is 36.4 Å². The van der Waals surface area contributed by atoms with Crippen molar-refractivity contribution in [3.63, 3.8) is 0 Å². The van der Waals surface area contributed by atoms with Crippen molar-refractivity contribution in [1.29, 1.82) is 0 Å². The van der Waals surface area contributed by atoms with Gasteiger partial charge in [0.25, 0.3) is 0 Å². The number of aromatic carboxylic acids is 2. The molecular weight excluding hydrogens is 520 g/mol. The van der Waals surface area contributed by atoms with Gasteiger partial charge in [0.05, 0.1) is 11.9 Å². The van der Waals surface area contributed by atoms with Crippen LogP contribution in [0.1, 0.15) is 48.4 Å². The van der Waals surface area contributed by atoms with Crippen LogP contribution in [-0.2, 0) is 36.2 Å². The molecule has 0 bridgehead atoms. The molecule has 13 heteroatoms. The van der Waals surface area contributed by atoms with Gasteiger partial charge in [-0.05, 0) is 24.3 Å². The summed E-state index contributed by atoms with van der Waals surface area (Å²) in [5, 5.41) is 21.5. The van der Waals surface area contributed by atoms with Crippen LogP contribution >= 0.6 is 0 Å². The molecule has 0 spiro atoms. The molecule has 12 nitrogen and oxygen atoms in total. The molecule has 0 aromatic heterocycles. The van der Waals surface area contributed by atoms with Gasteiger partial charge >= 0.3 is 40.9 Å². The molecule has 0 unspecified atom stereocenters. The summed E-state index contributed by atoms with van der Waals surface area (Å²) in [5.41, 5.74) is -0.591. The van der Waals surface area contributed by atoms with E-state index in [1.54, 1.807) is 0 Å². The van der Waals surface area contributed by atoms with Crippen LogP contribution in [0, 0.1) is 0 Å². The van der Waals surface area contributed by atoms with Crippen LogP contribution in [0.4, 0.5) is 0 Å². The molecule has 35 heavy (non-hydrogen) atoms. The van der Waals surface area contributed by atoms with Crippen LogP contribution < -0.4 is 29.2 Å². The molecule has 2 aromatic carbocycles. The molecule has 0 heterocycles. The van der Waals surface area contributed by atoms with E-state index in [-0.39, 0.29) is 51.2 Å². The maximum atomic E-state index is 10.8. The molecule has 0 aliphatic rings. The summed E-state index contributed by atoms with van der Waals surface area (Å²) in [6, 6.07) is 7.05. The first-order chi connectivity index (χ1) is 15.8. The first-order valence-corrected chi connectivity index (χ1v) is 9.24. The molecule has 2 rings (SSSR count). The Morgan fingerprint density at radius 1 is 0.543 bits per heavy atom. The van der Waals surface area contributed by atoms with Gasteiger partial charge < -0.3 is 38.7 Å². The van der Waals surface area contributed by atoms with Crippen molar-refractivity contribution in [2.75, 3.05) is 0 Å². The molecule has 1 radical (unpaired) electrons. The Morgan fingerprint density at radius 2 is 0.829 bits per heavy atom. The summed E-state index contributed by atoms with van der Waals surface area (Å²) < 4.78 is 18.8. The van der Waals surface area contributed by atoms with Gasteiger partial charge in [0.2, 0.25) is 0 Å². The van der Waals surface area contributed by atoms with Crippen LogP contribution in [-0.4, -0.2) is 35.8 Å². The summed E-state index contributed by atoms with van der Waals surface area (Å²) in [4.78, 5) is 64.4. The minimum Gasteiger partial charge on any atom is -0.545 e. The van der Waals surface area contributed by atoms with E-state index >= 15 is 0 Å². The van der Waals surface area contributed by atoms with Crippen LogP contribution in [0.2, 0.25) is 0 Å². The van der Waals surface area contributed by atoms with Crippen LogP contribution in [0.25, 0.3) is 0 Å². The fourth-order valence-electron chi connectivity index (χ4n) is 2.28. The Morgan fingerprint density at radius 3 is 1.06 bits per heavy atom. The van der Waals surface area contributed by atoms with Crippen molar-refractivity contribution in [1.82, 2.24) is 0 Å². The Hall–Kier alpha value is -4.22. The number of ether oxygens (including phenoxy) is 4. The van der Waals surface area contributed by atoms with Gasteiger partial charge in [0.1, 0.15) is 23.0 Å². The third-order valence-corrected chi connectivity index (χ3v) is 3.38. The quantitative estimate of drug-likeness (QED) is 0.269. The number of carbonyl (C=O) groups excluding carboxylic acids is 6. The van der Waals surface area contributed by atoms with Crippen molar-refractivity contribution in [2.45, 2.75) is 27.7 Å². The predicted octanol–water partition coefficient (Wildman–Crippen LogP) is -0.201. The second-order valence-electron chi connectivity index (χ2n) is 6.27. The maximum absolute atomic E-state index is 10.8. The molecule has 0 N–H and O–H groups in total. The van der Waals surface area contributed by atoms with Crippen molar-refractivity contribution < 1.29 is 75.0 Å². The van der Waals surface area contributed by atoms with Crippen molar-refractivity contribution >= 4 is 35.8 Å². The minimum atomic E-state index is -1.49. The van der Waals surface area contributed by atoms with E-state index in [9.17, 15) is 39.0 Å². The standard InChI is InChI=1S/2C11H10O6.Cu/c2*1-6(12)16-8-3-4-9(11(14)15)10(5-8)17-7(2)13;/h2*3-5H,1-2H3,(H,14,15);/q;;+2/p-2. The number of benzene rings is 2. The number of carboxylic acids is 2. The van der Waals surface area contributed by atoms with Crippen molar-refractivity contribution in [3.05, 3.63) is 47.5 Å². The van der Waals surface area contributed by atoms with Gasteiger partial charge in [-0.15, -0.1) is 0 Å². The van der Waals surface area contributed by atoms with E-state index in [1.165, 1.54) is 26.0 Å². The zero-order valence-electron chi connectivity index (χ0n) is 18.7. The molecule has 0 amide bonds. The zero-order valence-corrected chi connectivity index (χ0v) is 19.6. The smallest absolute Gasteiger partial charge is 0.545 e. The van der Waals surface area contributed by atoms with E-state index in [2.05, 4.69) is 9.47 Å². The Bertz CT molecular complexity index is 1050. The van der Waals surface area contributed by atoms with Gasteiger partial charge in [0, 0.05) is 51.0 Å². The SMILES string of the molecule is CC(=O)Oc1ccc(C(=O)[O-])c(OC(C)=O)c1.CC(=O)Oc1ccc(C(=O)[O-])c(OC(C)=O)c1.[Cu+2]. The van der Waals surface area contributed by atoms with Gasteiger partial charge in [0.15, 0.2) is 0 Å². The third-order valence-electron chi connectivity index (χ3n) is 3.38. The molecule has 189 valence electrons. The van der Waals surface area contributed by atoms with E-state index in [1.807, 2.05) is 0 Å². The predicted molar refractivity (Wildman–Crippen MR) is 107 cm³/mol. The maximum Gasteiger partial charge on any atom is 2.00 e. The number of hydrogen-bond acceptors (Lipinski definition) is 12. The first kappa shape index (κ1) is 30.8. The average molecular weight is 538 g/mol. The number of carboxylic acid groups (broad SMARTS) is 2. The second kappa shape index (κ2) is 14.1. The summed E-state index contributed by atoms with van der Waals surface area (Å²) >= 11 is 0. The fraction of sp³-hybridized carbons (Fsp3) is 0.182. The molecule has 0 atom stereocenters. The first-order valence-electron chi connectivity index (χ1n) is 9.24. The van der Waals surface area contributed by atoms with E-state index < -0.39 is 35.8 Å². The fourth-order valence-corrected chi connectivity index (χ4v) is 2.28. The van der Waals surface area contributed by atoms with Crippen molar-refractivity contribution in [2.24, 2.45) is 0 Å². The molecular formula is C22H18CuO12. The molecule has 0 aliphatic carbocycles. The van der Waals surface area contributed by atoms with E-state index in [0.29, 0.717) is 0 Å². The molecule has 0 saturated heterocycles. The number of carbonyl (C=O) groups is 6. The summed E-state index contributed by atoms with van der Waals surface area (Å²) in [7, 11) is 0. The Balaban J connectivity index is 0.000000642. The van der Waals surface area contributed by atoms with Crippen molar-refractivity contribution in [3.8, 4) is 23.0 Å². The summed E-state index contributed by atoms with van der Waals surface area (Å²) in [5.74, 6) is -5.78. The Labute approximate surface area is 209 Å². The van der Waals surface area contributed by atoms with Gasteiger partial charge in [-0.1, -0.05) is 0 Å². The number of rotatable bonds is 6. The Kier molecular flexibility index (Phi) is 12.4. The normalized spacial score (nSPS) is 9.26. The van der Waals surface area contributed by atoms with Gasteiger partial charge in [-0.3, -0.25) is 19.2 Å². The van der Waals surface area contributed by atoms with Crippen LogP contribution in [0.3, 0.4) is 0 Å². The second-order valence-corrected chi connectivity index (χ2v) is 6.27. The van der Waals surface area contributed by atoms with Crippen LogP contribution in [0.5, 0.6) is 23.0 Å². The minimum absolute atomic E-state index is 0. The summed E-state index contributed by atoms with van der Waals surface area (Å²) in [6.45, 7) is 4.63. The van der Waals surface area contributed by atoms with E-state index in [4.69, 9.17) is 9.47 Å². The molecule has 0 fully saturated rings. The number of esters is 4. The van der Waals surface area contributed by atoms with Gasteiger partial charge in [-0.2, -0.15) is 0 Å². The average Bonchev–Trinajstić information content (AvgIpc) is 2.66. The molecule has 0 saturated carbocycles. The molecule has 0 aliphatic heterocycles. The third kappa shape index (κ3) is 11.0. The summed E-state index contributed by atoms with van der Waals surface area (Å²) in [6.07, 6.45) is 0. The molecule has 2 aromatic rings. The topological polar surface area (TPSA) is 185 Å². The van der Waals surface area contributed by atoms with Gasteiger partial charge in [-0.25, -0.2) is 0 Å². The monoisotopic (exact) mass is 537 g/mol. The largest absolute Gasteiger partial charge is 2.00 e.